The summed E-state index contributed by atoms with van der Waals surface area (Å²) in [6.45, 7) is 0. The Morgan fingerprint density at radius 1 is 0.255 bits per heavy atom. The van der Waals surface area contributed by atoms with Crippen molar-refractivity contribution in [1.29, 1.82) is 0 Å². The fourth-order valence-corrected chi connectivity index (χ4v) is 9.23. The van der Waals surface area contributed by atoms with Crippen molar-refractivity contribution in [2.45, 2.75) is 0 Å². The molecule has 0 unspecified atom stereocenters. The first-order valence-corrected chi connectivity index (χ1v) is 18.9. The molecule has 0 bridgehead atoms. The van der Waals surface area contributed by atoms with Crippen LogP contribution in [-0.4, -0.2) is 13.7 Å². The van der Waals surface area contributed by atoms with E-state index in [1.54, 1.807) is 0 Å². The molecule has 12 rings (SSSR count). The molecule has 256 valence electrons. The number of hydrogen-bond donors (Lipinski definition) is 0. The minimum Gasteiger partial charge on any atom is -0.309 e. The fraction of sp³-hybridized carbons (Fsp3) is 0. The summed E-state index contributed by atoms with van der Waals surface area (Å²) in [5.41, 5.74) is 13.1. The Hall–Kier alpha value is -7.36. The van der Waals surface area contributed by atoms with Crippen LogP contribution >= 0.6 is 0 Å². The zero-order valence-corrected chi connectivity index (χ0v) is 29.9. The van der Waals surface area contributed by atoms with E-state index in [1.165, 1.54) is 98.7 Å². The Bertz CT molecular complexity index is 3460. The average Bonchev–Trinajstić information content (AvgIpc) is 3.89. The van der Waals surface area contributed by atoms with E-state index in [4.69, 9.17) is 0 Å². The standard InChI is InChI=1S/C52H33N3/c1-2-15-37(16-3-1)53-47-21-9-6-18-40(47)43-30-27-36(33-50(43)53)34-25-28-38(29-26-34)54-48-22-10-7-19-41(48)44-31-32-45-42-20-8-11-23-49(42)55(52(45)51(44)54)46-24-12-14-35-13-4-5-17-39(35)46/h1-33H. The summed E-state index contributed by atoms with van der Waals surface area (Å²) >= 11 is 0. The molecule has 0 aliphatic rings. The van der Waals surface area contributed by atoms with Crippen LogP contribution in [0.5, 0.6) is 0 Å². The van der Waals surface area contributed by atoms with Gasteiger partial charge in [-0.25, -0.2) is 0 Å². The molecular formula is C52H33N3. The summed E-state index contributed by atoms with van der Waals surface area (Å²) in [6.07, 6.45) is 0. The van der Waals surface area contributed by atoms with Crippen LogP contribution in [0.15, 0.2) is 200 Å². The van der Waals surface area contributed by atoms with Gasteiger partial charge >= 0.3 is 0 Å². The lowest BCUT2D eigenvalue weighted by Gasteiger charge is -2.15. The first-order valence-electron chi connectivity index (χ1n) is 18.9. The molecule has 3 heteroatoms. The minimum atomic E-state index is 1.14. The van der Waals surface area contributed by atoms with Gasteiger partial charge in [-0.1, -0.05) is 146 Å². The first-order chi connectivity index (χ1) is 27.3. The smallest absolute Gasteiger partial charge is 0.0789 e. The first kappa shape index (κ1) is 30.1. The van der Waals surface area contributed by atoms with E-state index in [-0.39, 0.29) is 0 Å². The van der Waals surface area contributed by atoms with Crippen molar-refractivity contribution in [3.63, 3.8) is 0 Å². The second-order valence-electron chi connectivity index (χ2n) is 14.5. The van der Waals surface area contributed by atoms with Crippen LogP contribution in [0.4, 0.5) is 0 Å². The van der Waals surface area contributed by atoms with Gasteiger partial charge in [-0.2, -0.15) is 0 Å². The predicted octanol–water partition coefficient (Wildman–Crippen LogP) is 13.8. The monoisotopic (exact) mass is 699 g/mol. The third kappa shape index (κ3) is 4.32. The summed E-state index contributed by atoms with van der Waals surface area (Å²) in [4.78, 5) is 0. The second-order valence-corrected chi connectivity index (χ2v) is 14.5. The molecular weight excluding hydrogens is 667 g/mol. The van der Waals surface area contributed by atoms with Crippen LogP contribution < -0.4 is 0 Å². The zero-order valence-electron chi connectivity index (χ0n) is 29.9. The van der Waals surface area contributed by atoms with Gasteiger partial charge in [0, 0.05) is 49.1 Å². The van der Waals surface area contributed by atoms with Crippen LogP contribution in [0.25, 0.3) is 104 Å². The highest BCUT2D eigenvalue weighted by Crippen LogP contribution is 2.43. The lowest BCUT2D eigenvalue weighted by molar-refractivity contribution is 1.16. The van der Waals surface area contributed by atoms with Gasteiger partial charge in [0.15, 0.2) is 0 Å². The van der Waals surface area contributed by atoms with E-state index in [0.717, 1.165) is 5.69 Å². The lowest BCUT2D eigenvalue weighted by atomic mass is 10.0. The zero-order chi connectivity index (χ0) is 36.0. The number of hydrogen-bond acceptors (Lipinski definition) is 0. The Kier molecular flexibility index (Phi) is 6.34. The summed E-state index contributed by atoms with van der Waals surface area (Å²) in [5.74, 6) is 0. The Balaban J connectivity index is 1.10. The average molecular weight is 700 g/mol. The van der Waals surface area contributed by atoms with Crippen molar-refractivity contribution in [1.82, 2.24) is 13.7 Å². The Morgan fingerprint density at radius 3 is 1.44 bits per heavy atom. The molecule has 0 N–H and O–H groups in total. The molecule has 3 aromatic heterocycles. The number of para-hydroxylation sites is 4. The van der Waals surface area contributed by atoms with Crippen molar-refractivity contribution in [2.24, 2.45) is 0 Å². The van der Waals surface area contributed by atoms with Crippen LogP contribution in [0.1, 0.15) is 0 Å². The van der Waals surface area contributed by atoms with E-state index < -0.39 is 0 Å². The number of benzene rings is 9. The molecule has 0 fully saturated rings. The van der Waals surface area contributed by atoms with Gasteiger partial charge in [-0.15, -0.1) is 0 Å². The molecule has 55 heavy (non-hydrogen) atoms. The van der Waals surface area contributed by atoms with E-state index >= 15 is 0 Å². The van der Waals surface area contributed by atoms with Gasteiger partial charge in [-0.05, 0) is 71.1 Å². The molecule has 0 amide bonds. The normalized spacial score (nSPS) is 12.0. The van der Waals surface area contributed by atoms with Gasteiger partial charge < -0.3 is 13.7 Å². The van der Waals surface area contributed by atoms with Crippen molar-refractivity contribution in [3.8, 4) is 28.2 Å². The van der Waals surface area contributed by atoms with Crippen molar-refractivity contribution >= 4 is 76.2 Å². The van der Waals surface area contributed by atoms with E-state index in [2.05, 4.69) is 214 Å². The molecule has 0 aliphatic heterocycles. The Morgan fingerprint density at radius 2 is 0.727 bits per heavy atom. The lowest BCUT2D eigenvalue weighted by Crippen LogP contribution is -1.99. The van der Waals surface area contributed by atoms with Gasteiger partial charge in [0.2, 0.25) is 0 Å². The van der Waals surface area contributed by atoms with Crippen LogP contribution in [0, 0.1) is 0 Å². The van der Waals surface area contributed by atoms with Gasteiger partial charge in [0.1, 0.15) is 0 Å². The maximum atomic E-state index is 2.50. The highest BCUT2D eigenvalue weighted by atomic mass is 15.0. The largest absolute Gasteiger partial charge is 0.309 e. The molecule has 3 nitrogen and oxygen atoms in total. The maximum Gasteiger partial charge on any atom is 0.0789 e. The van der Waals surface area contributed by atoms with Gasteiger partial charge in [0.05, 0.1) is 38.8 Å². The molecule has 12 aromatic rings. The molecule has 0 radical (unpaired) electrons. The highest BCUT2D eigenvalue weighted by molar-refractivity contribution is 6.24. The van der Waals surface area contributed by atoms with Crippen LogP contribution in [-0.2, 0) is 0 Å². The summed E-state index contributed by atoms with van der Waals surface area (Å²) < 4.78 is 7.37. The van der Waals surface area contributed by atoms with Crippen molar-refractivity contribution in [2.75, 3.05) is 0 Å². The van der Waals surface area contributed by atoms with Crippen LogP contribution in [0.3, 0.4) is 0 Å². The predicted molar refractivity (Wildman–Crippen MR) is 232 cm³/mol. The topological polar surface area (TPSA) is 14.8 Å². The van der Waals surface area contributed by atoms with Crippen molar-refractivity contribution in [3.05, 3.63) is 200 Å². The summed E-state index contributed by atoms with van der Waals surface area (Å²) in [6, 6.07) is 73.2. The van der Waals surface area contributed by atoms with E-state index in [9.17, 15) is 0 Å². The summed E-state index contributed by atoms with van der Waals surface area (Å²) in [5, 5.41) is 9.99. The van der Waals surface area contributed by atoms with E-state index in [0.29, 0.717) is 0 Å². The molecule has 0 saturated carbocycles. The molecule has 9 aromatic carbocycles. The third-order valence-corrected chi connectivity index (χ3v) is 11.6. The number of aromatic nitrogens is 3. The number of fused-ring (bicyclic) bond motifs is 11. The minimum absolute atomic E-state index is 1.14. The van der Waals surface area contributed by atoms with E-state index in [1.807, 2.05) is 0 Å². The highest BCUT2D eigenvalue weighted by Gasteiger charge is 2.22. The second kappa shape index (κ2) is 11.6. The molecule has 3 heterocycles. The molecule has 0 aliphatic carbocycles. The van der Waals surface area contributed by atoms with Gasteiger partial charge in [-0.3, -0.25) is 0 Å². The molecule has 0 saturated heterocycles. The number of rotatable bonds is 4. The maximum absolute atomic E-state index is 2.50. The summed E-state index contributed by atoms with van der Waals surface area (Å²) in [7, 11) is 0. The van der Waals surface area contributed by atoms with Crippen LogP contribution in [0.2, 0.25) is 0 Å². The van der Waals surface area contributed by atoms with Gasteiger partial charge in [0.25, 0.3) is 0 Å². The number of nitrogens with zero attached hydrogens (tertiary/aromatic N) is 3. The molecule has 0 atom stereocenters. The third-order valence-electron chi connectivity index (χ3n) is 11.6. The quantitative estimate of drug-likeness (QED) is 0.174. The van der Waals surface area contributed by atoms with Crippen molar-refractivity contribution < 1.29 is 0 Å². The fourth-order valence-electron chi connectivity index (χ4n) is 9.23. The molecule has 0 spiro atoms. The SMILES string of the molecule is c1ccc(-n2c3ccccc3c3ccc(-c4ccc(-n5c6ccccc6c6ccc7c8ccccc8n(-c8cccc9ccccc89)c7c65)cc4)cc32)cc1. The Labute approximate surface area is 317 Å².